The maximum absolute atomic E-state index is 12.4. The molecule has 2 N–H and O–H groups in total. The third-order valence-electron chi connectivity index (χ3n) is 4.55. The van der Waals surface area contributed by atoms with E-state index in [0.717, 1.165) is 23.0 Å². The van der Waals surface area contributed by atoms with E-state index in [9.17, 15) is 4.79 Å². The van der Waals surface area contributed by atoms with Crippen LogP contribution in [0.2, 0.25) is 0 Å². The van der Waals surface area contributed by atoms with Gasteiger partial charge in [-0.05, 0) is 48.4 Å². The van der Waals surface area contributed by atoms with Crippen molar-refractivity contribution in [1.82, 2.24) is 9.97 Å². The van der Waals surface area contributed by atoms with E-state index in [-0.39, 0.29) is 12.5 Å². The van der Waals surface area contributed by atoms with Crippen LogP contribution in [0.25, 0.3) is 22.4 Å². The number of rotatable bonds is 6. The van der Waals surface area contributed by atoms with Crippen molar-refractivity contribution in [3.8, 4) is 17.1 Å². The third-order valence-corrected chi connectivity index (χ3v) is 4.55. The second-order valence-electron chi connectivity index (χ2n) is 6.48. The predicted molar refractivity (Wildman–Crippen MR) is 111 cm³/mol. The zero-order chi connectivity index (χ0) is 19.3. The number of fused-ring (bicyclic) bond motifs is 1. The van der Waals surface area contributed by atoms with Gasteiger partial charge in [-0.15, -0.1) is 0 Å². The van der Waals surface area contributed by atoms with E-state index < -0.39 is 0 Å². The third kappa shape index (κ3) is 3.88. The molecular formula is C23H21N3O2. The van der Waals surface area contributed by atoms with Crippen LogP contribution in [-0.2, 0) is 11.2 Å². The lowest BCUT2D eigenvalue weighted by Gasteiger charge is -2.10. The molecule has 4 rings (SSSR count). The standard InChI is InChI=1S/C23H21N3O2/c1-2-16-11-13-17(14-12-16)28-15-22(27)24-19-8-4-3-7-18(19)23-25-20-9-5-6-10-21(20)26-23/h3-14H,2,15H2,1H3,(H,24,27)(H,25,26). The summed E-state index contributed by atoms with van der Waals surface area (Å²) >= 11 is 0. The van der Waals surface area contributed by atoms with Crippen LogP contribution >= 0.6 is 0 Å². The highest BCUT2D eigenvalue weighted by Gasteiger charge is 2.12. The molecule has 0 saturated heterocycles. The predicted octanol–water partition coefficient (Wildman–Crippen LogP) is 4.81. The number of H-pyrrole nitrogens is 1. The molecule has 0 saturated carbocycles. The summed E-state index contributed by atoms with van der Waals surface area (Å²) in [6.45, 7) is 2.04. The van der Waals surface area contributed by atoms with Gasteiger partial charge >= 0.3 is 0 Å². The number of aromatic nitrogens is 2. The monoisotopic (exact) mass is 371 g/mol. The molecule has 0 aliphatic heterocycles. The zero-order valence-corrected chi connectivity index (χ0v) is 15.6. The lowest BCUT2D eigenvalue weighted by Crippen LogP contribution is -2.20. The Kier molecular flexibility index (Phi) is 5.06. The van der Waals surface area contributed by atoms with Crippen LogP contribution in [0.5, 0.6) is 5.75 Å². The number of carbonyl (C=O) groups is 1. The molecule has 28 heavy (non-hydrogen) atoms. The molecule has 0 fully saturated rings. The second kappa shape index (κ2) is 7.96. The van der Waals surface area contributed by atoms with E-state index in [1.54, 1.807) is 0 Å². The Morgan fingerprint density at radius 2 is 1.75 bits per heavy atom. The molecule has 0 radical (unpaired) electrons. The summed E-state index contributed by atoms with van der Waals surface area (Å²) in [6, 6.07) is 23.2. The maximum atomic E-state index is 12.4. The van der Waals surface area contributed by atoms with Crippen molar-refractivity contribution < 1.29 is 9.53 Å². The number of hydrogen-bond acceptors (Lipinski definition) is 3. The number of nitrogens with zero attached hydrogens (tertiary/aromatic N) is 1. The summed E-state index contributed by atoms with van der Waals surface area (Å²) in [5.41, 5.74) is 4.60. The van der Waals surface area contributed by atoms with Gasteiger partial charge in [0.05, 0.1) is 16.7 Å². The van der Waals surface area contributed by atoms with E-state index in [0.29, 0.717) is 17.3 Å². The fourth-order valence-corrected chi connectivity index (χ4v) is 3.04. The second-order valence-corrected chi connectivity index (χ2v) is 6.48. The van der Waals surface area contributed by atoms with Crippen LogP contribution in [0.3, 0.4) is 0 Å². The van der Waals surface area contributed by atoms with Gasteiger partial charge in [-0.25, -0.2) is 4.98 Å². The summed E-state index contributed by atoms with van der Waals surface area (Å²) in [5, 5.41) is 2.92. The van der Waals surface area contributed by atoms with Crippen molar-refractivity contribution >= 4 is 22.6 Å². The molecule has 0 aliphatic rings. The minimum Gasteiger partial charge on any atom is -0.484 e. The number of aryl methyl sites for hydroxylation is 1. The number of amides is 1. The van der Waals surface area contributed by atoms with Gasteiger partial charge in [-0.2, -0.15) is 0 Å². The fraction of sp³-hybridized carbons (Fsp3) is 0.130. The smallest absolute Gasteiger partial charge is 0.262 e. The zero-order valence-electron chi connectivity index (χ0n) is 15.6. The van der Waals surface area contributed by atoms with E-state index in [1.165, 1.54) is 5.56 Å². The Morgan fingerprint density at radius 3 is 2.54 bits per heavy atom. The molecule has 1 amide bonds. The Balaban J connectivity index is 1.47. The van der Waals surface area contributed by atoms with Gasteiger partial charge < -0.3 is 15.0 Å². The maximum Gasteiger partial charge on any atom is 0.262 e. The Hall–Kier alpha value is -3.60. The number of hydrogen-bond donors (Lipinski definition) is 2. The number of nitrogens with one attached hydrogen (secondary N) is 2. The number of ether oxygens (including phenoxy) is 1. The van der Waals surface area contributed by atoms with Crippen LogP contribution in [0.1, 0.15) is 12.5 Å². The number of imidazole rings is 1. The van der Waals surface area contributed by atoms with Crippen molar-refractivity contribution in [3.63, 3.8) is 0 Å². The first kappa shape index (κ1) is 17.8. The van der Waals surface area contributed by atoms with Gasteiger partial charge in [-0.1, -0.05) is 43.3 Å². The highest BCUT2D eigenvalue weighted by Crippen LogP contribution is 2.27. The summed E-state index contributed by atoms with van der Waals surface area (Å²) in [7, 11) is 0. The topological polar surface area (TPSA) is 67.0 Å². The van der Waals surface area contributed by atoms with Gasteiger partial charge in [0, 0.05) is 5.56 Å². The molecule has 140 valence electrons. The summed E-state index contributed by atoms with van der Waals surface area (Å²) in [5.74, 6) is 1.18. The van der Waals surface area contributed by atoms with Crippen LogP contribution in [0, 0.1) is 0 Å². The number of para-hydroxylation sites is 3. The highest BCUT2D eigenvalue weighted by atomic mass is 16.5. The number of benzene rings is 3. The quantitative estimate of drug-likeness (QED) is 0.511. The first-order valence-corrected chi connectivity index (χ1v) is 9.28. The normalized spacial score (nSPS) is 10.8. The van der Waals surface area contributed by atoms with E-state index >= 15 is 0 Å². The molecule has 0 atom stereocenters. The molecule has 0 unspecified atom stereocenters. The molecular weight excluding hydrogens is 350 g/mol. The molecule has 0 bridgehead atoms. The van der Waals surface area contributed by atoms with Crippen molar-refractivity contribution in [1.29, 1.82) is 0 Å². The number of aromatic amines is 1. The van der Waals surface area contributed by atoms with Crippen LogP contribution in [0.15, 0.2) is 72.8 Å². The lowest BCUT2D eigenvalue weighted by molar-refractivity contribution is -0.118. The van der Waals surface area contributed by atoms with Crippen LogP contribution in [0.4, 0.5) is 5.69 Å². The minimum atomic E-state index is -0.219. The van der Waals surface area contributed by atoms with Gasteiger partial charge in [0.2, 0.25) is 0 Å². The van der Waals surface area contributed by atoms with E-state index in [4.69, 9.17) is 4.74 Å². The number of anilines is 1. The summed E-state index contributed by atoms with van der Waals surface area (Å²) in [4.78, 5) is 20.3. The van der Waals surface area contributed by atoms with Crippen molar-refractivity contribution in [2.45, 2.75) is 13.3 Å². The van der Waals surface area contributed by atoms with Gasteiger partial charge in [-0.3, -0.25) is 4.79 Å². The van der Waals surface area contributed by atoms with Crippen molar-refractivity contribution in [2.75, 3.05) is 11.9 Å². The fourth-order valence-electron chi connectivity index (χ4n) is 3.04. The largest absolute Gasteiger partial charge is 0.484 e. The molecule has 1 heterocycles. The average Bonchev–Trinajstić information content (AvgIpc) is 3.17. The minimum absolute atomic E-state index is 0.0556. The van der Waals surface area contributed by atoms with E-state index in [2.05, 4.69) is 22.2 Å². The molecule has 3 aromatic carbocycles. The Morgan fingerprint density at radius 1 is 1.00 bits per heavy atom. The molecule has 0 aliphatic carbocycles. The molecule has 0 spiro atoms. The molecule has 1 aromatic heterocycles. The van der Waals surface area contributed by atoms with Crippen molar-refractivity contribution in [2.24, 2.45) is 0 Å². The molecule has 5 nitrogen and oxygen atoms in total. The van der Waals surface area contributed by atoms with Crippen LogP contribution in [-0.4, -0.2) is 22.5 Å². The van der Waals surface area contributed by atoms with Gasteiger partial charge in [0.1, 0.15) is 11.6 Å². The van der Waals surface area contributed by atoms with Crippen LogP contribution < -0.4 is 10.1 Å². The molecule has 4 aromatic rings. The first-order valence-electron chi connectivity index (χ1n) is 9.28. The molecule has 5 heteroatoms. The Labute approximate surface area is 163 Å². The number of carbonyl (C=O) groups excluding carboxylic acids is 1. The lowest BCUT2D eigenvalue weighted by atomic mass is 10.1. The van der Waals surface area contributed by atoms with Gasteiger partial charge in [0.25, 0.3) is 5.91 Å². The first-order chi connectivity index (χ1) is 13.7. The van der Waals surface area contributed by atoms with E-state index in [1.807, 2.05) is 72.8 Å². The highest BCUT2D eigenvalue weighted by molar-refractivity contribution is 5.96. The Bertz CT molecular complexity index is 1070. The summed E-state index contributed by atoms with van der Waals surface area (Å²) in [6.07, 6.45) is 0.972. The SMILES string of the molecule is CCc1ccc(OCC(=O)Nc2ccccc2-c2nc3ccccc3[nH]2)cc1. The summed E-state index contributed by atoms with van der Waals surface area (Å²) < 4.78 is 5.60. The van der Waals surface area contributed by atoms with Gasteiger partial charge in [0.15, 0.2) is 6.61 Å². The average molecular weight is 371 g/mol. The van der Waals surface area contributed by atoms with Crippen molar-refractivity contribution in [3.05, 3.63) is 78.4 Å².